The highest BCUT2D eigenvalue weighted by molar-refractivity contribution is 6.70. The monoisotopic (exact) mass is 289 g/mol. The molecule has 1 unspecified atom stereocenters. The van der Waals surface area contributed by atoms with Gasteiger partial charge in [0.2, 0.25) is 0 Å². The molecule has 0 aliphatic carbocycles. The molecule has 110 valence electrons. The standard InChI is InChI=1S/C12H23NO5Si/c1-13(2)11(15)12(17-4,18-19(5,6)7)9-8-10(14)16-3/h8-9H,1-7H3/b9-8+. The second-order valence-corrected chi connectivity index (χ2v) is 9.57. The molecule has 0 aromatic carbocycles. The van der Waals surface area contributed by atoms with Gasteiger partial charge in [-0.25, -0.2) is 4.79 Å². The molecule has 0 radical (unpaired) electrons. The number of nitrogens with zero attached hydrogens (tertiary/aromatic N) is 1. The van der Waals surface area contributed by atoms with Gasteiger partial charge >= 0.3 is 5.97 Å². The molecule has 0 spiro atoms. The molecule has 0 aliphatic rings. The molecule has 0 fully saturated rings. The Bertz CT molecular complexity index is 362. The summed E-state index contributed by atoms with van der Waals surface area (Å²) in [5.41, 5.74) is 0. The van der Waals surface area contributed by atoms with Gasteiger partial charge in [0.15, 0.2) is 8.32 Å². The van der Waals surface area contributed by atoms with Crippen LogP contribution in [0.5, 0.6) is 0 Å². The predicted octanol–water partition coefficient (Wildman–Crippen LogP) is 0.998. The van der Waals surface area contributed by atoms with Crippen LogP contribution in [0.15, 0.2) is 12.2 Å². The summed E-state index contributed by atoms with van der Waals surface area (Å²) < 4.78 is 15.6. The fourth-order valence-electron chi connectivity index (χ4n) is 1.36. The van der Waals surface area contributed by atoms with Gasteiger partial charge in [-0.1, -0.05) is 0 Å². The number of amides is 1. The Hall–Kier alpha value is -1.18. The van der Waals surface area contributed by atoms with Gasteiger partial charge in [0.05, 0.1) is 7.11 Å². The van der Waals surface area contributed by atoms with Crippen LogP contribution in [-0.2, 0) is 23.5 Å². The molecular weight excluding hydrogens is 266 g/mol. The fourth-order valence-corrected chi connectivity index (χ4v) is 2.51. The van der Waals surface area contributed by atoms with E-state index in [1.807, 2.05) is 19.6 Å². The molecule has 0 heterocycles. The third-order valence-corrected chi connectivity index (χ3v) is 3.02. The Morgan fingerprint density at radius 3 is 2.00 bits per heavy atom. The predicted molar refractivity (Wildman–Crippen MR) is 74.0 cm³/mol. The molecule has 6 nitrogen and oxygen atoms in total. The van der Waals surface area contributed by atoms with Gasteiger partial charge < -0.3 is 18.8 Å². The van der Waals surface area contributed by atoms with Crippen LogP contribution in [0.2, 0.25) is 19.6 Å². The number of hydrogen-bond donors (Lipinski definition) is 0. The minimum atomic E-state index is -2.08. The minimum Gasteiger partial charge on any atom is -0.466 e. The van der Waals surface area contributed by atoms with E-state index in [1.54, 1.807) is 14.1 Å². The largest absolute Gasteiger partial charge is 0.466 e. The molecule has 0 rings (SSSR count). The summed E-state index contributed by atoms with van der Waals surface area (Å²) in [6, 6.07) is 0. The van der Waals surface area contributed by atoms with Crippen molar-refractivity contribution < 1.29 is 23.5 Å². The number of hydrogen-bond acceptors (Lipinski definition) is 5. The molecule has 19 heavy (non-hydrogen) atoms. The molecule has 0 saturated heterocycles. The molecule has 0 N–H and O–H groups in total. The summed E-state index contributed by atoms with van der Waals surface area (Å²) >= 11 is 0. The average molecular weight is 289 g/mol. The van der Waals surface area contributed by atoms with Gasteiger partial charge in [0.1, 0.15) is 0 Å². The maximum atomic E-state index is 12.3. The van der Waals surface area contributed by atoms with E-state index in [0.29, 0.717) is 0 Å². The second-order valence-electron chi connectivity index (χ2n) is 5.14. The van der Waals surface area contributed by atoms with E-state index < -0.39 is 26.0 Å². The zero-order valence-corrected chi connectivity index (χ0v) is 13.6. The maximum Gasteiger partial charge on any atom is 0.330 e. The Kier molecular flexibility index (Phi) is 6.41. The molecule has 0 bridgehead atoms. The third-order valence-electron chi connectivity index (χ3n) is 2.11. The number of esters is 1. The van der Waals surface area contributed by atoms with Crippen molar-refractivity contribution in [2.24, 2.45) is 0 Å². The zero-order chi connectivity index (χ0) is 15.3. The lowest BCUT2D eigenvalue weighted by Gasteiger charge is -2.35. The second kappa shape index (κ2) is 6.83. The van der Waals surface area contributed by atoms with E-state index in [9.17, 15) is 9.59 Å². The van der Waals surface area contributed by atoms with E-state index in [0.717, 1.165) is 6.08 Å². The van der Waals surface area contributed by atoms with Gasteiger partial charge in [0.25, 0.3) is 11.7 Å². The molecule has 1 atom stereocenters. The van der Waals surface area contributed by atoms with Crippen molar-refractivity contribution in [3.8, 4) is 0 Å². The van der Waals surface area contributed by atoms with Gasteiger partial charge in [-0.3, -0.25) is 4.79 Å². The van der Waals surface area contributed by atoms with Crippen LogP contribution in [0.4, 0.5) is 0 Å². The molecule has 0 aliphatic heterocycles. The third kappa shape index (κ3) is 5.54. The van der Waals surface area contributed by atoms with Crippen molar-refractivity contribution in [2.75, 3.05) is 28.3 Å². The lowest BCUT2D eigenvalue weighted by molar-refractivity contribution is -0.180. The van der Waals surface area contributed by atoms with Crippen molar-refractivity contribution in [3.63, 3.8) is 0 Å². The van der Waals surface area contributed by atoms with Crippen molar-refractivity contribution >= 4 is 20.2 Å². The van der Waals surface area contributed by atoms with Crippen LogP contribution in [0.3, 0.4) is 0 Å². The summed E-state index contributed by atoms with van der Waals surface area (Å²) in [5.74, 6) is -2.56. The number of rotatable bonds is 6. The van der Waals surface area contributed by atoms with E-state index in [4.69, 9.17) is 9.16 Å². The van der Waals surface area contributed by atoms with E-state index in [1.165, 1.54) is 25.2 Å². The highest BCUT2D eigenvalue weighted by Gasteiger charge is 2.42. The van der Waals surface area contributed by atoms with Crippen molar-refractivity contribution in [2.45, 2.75) is 25.4 Å². The van der Waals surface area contributed by atoms with E-state index in [-0.39, 0.29) is 0 Å². The molecule has 7 heteroatoms. The van der Waals surface area contributed by atoms with E-state index in [2.05, 4.69) is 4.74 Å². The smallest absolute Gasteiger partial charge is 0.330 e. The molecule has 0 aromatic heterocycles. The van der Waals surface area contributed by atoms with Crippen molar-refractivity contribution in [1.82, 2.24) is 4.90 Å². The number of methoxy groups -OCH3 is 2. The molecular formula is C12H23NO5Si. The summed E-state index contributed by atoms with van der Waals surface area (Å²) in [5, 5.41) is 0. The normalized spacial score (nSPS) is 15.1. The first kappa shape index (κ1) is 17.8. The summed E-state index contributed by atoms with van der Waals surface area (Å²) in [4.78, 5) is 24.8. The fraction of sp³-hybridized carbons (Fsp3) is 0.667. The highest BCUT2D eigenvalue weighted by Crippen LogP contribution is 2.23. The molecule has 0 aromatic rings. The SMILES string of the molecule is COC(=O)/C=C/C(OC)(O[Si](C)(C)C)C(=O)N(C)C. The topological polar surface area (TPSA) is 65.1 Å². The lowest BCUT2D eigenvalue weighted by Crippen LogP contribution is -2.53. The van der Waals surface area contributed by atoms with Gasteiger partial charge in [-0.2, -0.15) is 0 Å². The minimum absolute atomic E-state index is 0.391. The highest BCUT2D eigenvalue weighted by atomic mass is 28.4. The number of ether oxygens (including phenoxy) is 2. The molecule has 0 saturated carbocycles. The zero-order valence-electron chi connectivity index (χ0n) is 12.6. The molecule has 1 amide bonds. The number of likely N-dealkylation sites (N-methyl/N-ethyl adjacent to an activating group) is 1. The number of carbonyl (C=O) groups excluding carboxylic acids is 2. The van der Waals surface area contributed by atoms with Crippen LogP contribution in [0.1, 0.15) is 0 Å². The Labute approximate surface area is 115 Å². The lowest BCUT2D eigenvalue weighted by atomic mass is 10.2. The van der Waals surface area contributed by atoms with E-state index >= 15 is 0 Å². The quantitative estimate of drug-likeness (QED) is 0.316. The van der Waals surface area contributed by atoms with Gasteiger partial charge in [-0.15, -0.1) is 0 Å². The Morgan fingerprint density at radius 2 is 1.68 bits per heavy atom. The average Bonchev–Trinajstić information content (AvgIpc) is 2.31. The summed E-state index contributed by atoms with van der Waals surface area (Å²) in [7, 11) is 3.73. The Balaban J connectivity index is 5.48. The van der Waals surface area contributed by atoms with Crippen LogP contribution in [0.25, 0.3) is 0 Å². The first-order valence-electron chi connectivity index (χ1n) is 5.82. The number of carbonyl (C=O) groups is 2. The maximum absolute atomic E-state index is 12.3. The van der Waals surface area contributed by atoms with Gasteiger partial charge in [0, 0.05) is 27.3 Å². The Morgan fingerprint density at radius 1 is 1.16 bits per heavy atom. The summed E-state index contributed by atoms with van der Waals surface area (Å²) in [6.07, 6.45) is 2.42. The van der Waals surface area contributed by atoms with Crippen LogP contribution in [0, 0.1) is 0 Å². The first-order valence-corrected chi connectivity index (χ1v) is 9.23. The first-order chi connectivity index (χ1) is 8.58. The summed E-state index contributed by atoms with van der Waals surface area (Å²) in [6.45, 7) is 5.78. The van der Waals surface area contributed by atoms with Crippen LogP contribution in [-0.4, -0.2) is 59.2 Å². The van der Waals surface area contributed by atoms with Crippen molar-refractivity contribution in [3.05, 3.63) is 12.2 Å². The van der Waals surface area contributed by atoms with Crippen LogP contribution >= 0.6 is 0 Å². The van der Waals surface area contributed by atoms with Crippen LogP contribution < -0.4 is 0 Å². The van der Waals surface area contributed by atoms with Gasteiger partial charge in [-0.05, 0) is 25.7 Å². The van der Waals surface area contributed by atoms with Crippen molar-refractivity contribution in [1.29, 1.82) is 0 Å².